The Labute approximate surface area is 205 Å². The van der Waals surface area contributed by atoms with Crippen molar-refractivity contribution in [2.75, 3.05) is 36.0 Å². The standard InChI is InChI=1S/C27H40BN3O3/c1-19(2)20(3)25(32)24-13-12-23(18-29-24)31-16-14-30(15-17-31)22-10-8-21(9-11-22)28-33-26(4,5)27(6,7)34-28/h8-13,18-20,25,32H,14-17H2,1-7H3. The molecule has 3 heterocycles. The highest BCUT2D eigenvalue weighted by atomic mass is 16.7. The van der Waals surface area contributed by atoms with Crippen LogP contribution in [-0.4, -0.2) is 54.6 Å². The molecule has 6 nitrogen and oxygen atoms in total. The topological polar surface area (TPSA) is 58.1 Å². The van der Waals surface area contributed by atoms with Gasteiger partial charge in [-0.15, -0.1) is 0 Å². The SMILES string of the molecule is CC(C)C(C)C(O)c1ccc(N2CCN(c3ccc(B4OC(C)(C)C(C)(C)O4)cc3)CC2)cn1. The van der Waals surface area contributed by atoms with Gasteiger partial charge in [0, 0.05) is 31.9 Å². The highest BCUT2D eigenvalue weighted by molar-refractivity contribution is 6.62. The predicted octanol–water partition coefficient (Wildman–Crippen LogP) is 4.03. The van der Waals surface area contributed by atoms with Crippen LogP contribution < -0.4 is 15.3 Å². The van der Waals surface area contributed by atoms with E-state index in [0.717, 1.165) is 43.0 Å². The molecule has 2 aromatic rings. The quantitative estimate of drug-likeness (QED) is 0.651. The molecule has 0 aliphatic carbocycles. The maximum absolute atomic E-state index is 10.6. The van der Waals surface area contributed by atoms with E-state index in [2.05, 4.69) is 93.6 Å². The van der Waals surface area contributed by atoms with E-state index in [9.17, 15) is 5.11 Å². The van der Waals surface area contributed by atoms with Crippen molar-refractivity contribution < 1.29 is 14.4 Å². The molecule has 2 aliphatic heterocycles. The van der Waals surface area contributed by atoms with E-state index in [0.29, 0.717) is 5.92 Å². The lowest BCUT2D eigenvalue weighted by atomic mass is 9.79. The molecule has 184 valence electrons. The zero-order valence-corrected chi connectivity index (χ0v) is 21.8. The summed E-state index contributed by atoms with van der Waals surface area (Å²) in [4.78, 5) is 9.36. The van der Waals surface area contributed by atoms with Gasteiger partial charge in [-0.05, 0) is 69.3 Å². The lowest BCUT2D eigenvalue weighted by molar-refractivity contribution is 0.00578. The summed E-state index contributed by atoms with van der Waals surface area (Å²) in [6.45, 7) is 18.4. The van der Waals surface area contributed by atoms with Crippen LogP contribution >= 0.6 is 0 Å². The van der Waals surface area contributed by atoms with Crippen LogP contribution in [0.4, 0.5) is 11.4 Å². The number of hydrogen-bond donors (Lipinski definition) is 1. The van der Waals surface area contributed by atoms with E-state index in [1.807, 2.05) is 12.3 Å². The van der Waals surface area contributed by atoms with E-state index in [-0.39, 0.29) is 24.2 Å². The van der Waals surface area contributed by atoms with Crippen LogP contribution in [0.3, 0.4) is 0 Å². The Morgan fingerprint density at radius 3 is 1.79 bits per heavy atom. The van der Waals surface area contributed by atoms with Crippen molar-refractivity contribution in [3.63, 3.8) is 0 Å². The van der Waals surface area contributed by atoms with Gasteiger partial charge < -0.3 is 24.2 Å². The molecule has 0 spiro atoms. The van der Waals surface area contributed by atoms with E-state index >= 15 is 0 Å². The zero-order valence-electron chi connectivity index (χ0n) is 21.8. The molecule has 0 amide bonds. The average Bonchev–Trinajstić information content (AvgIpc) is 3.05. The minimum atomic E-state index is -0.522. The molecule has 7 heteroatoms. The van der Waals surface area contributed by atoms with E-state index < -0.39 is 6.10 Å². The van der Waals surface area contributed by atoms with E-state index in [4.69, 9.17) is 9.31 Å². The Bertz CT molecular complexity index is 938. The number of pyridine rings is 1. The number of aromatic nitrogens is 1. The molecule has 34 heavy (non-hydrogen) atoms. The molecule has 1 aromatic heterocycles. The molecule has 2 unspecified atom stereocenters. The molecule has 0 radical (unpaired) electrons. The van der Waals surface area contributed by atoms with Crippen LogP contribution in [0.15, 0.2) is 42.6 Å². The first-order valence-corrected chi connectivity index (χ1v) is 12.6. The summed E-state index contributed by atoms with van der Waals surface area (Å²) in [6, 6.07) is 12.6. The number of anilines is 2. The summed E-state index contributed by atoms with van der Waals surface area (Å²) >= 11 is 0. The van der Waals surface area contributed by atoms with Gasteiger partial charge in [-0.25, -0.2) is 0 Å². The second-order valence-corrected chi connectivity index (χ2v) is 11.1. The number of benzene rings is 1. The fourth-order valence-corrected chi connectivity index (χ4v) is 4.44. The highest BCUT2D eigenvalue weighted by Gasteiger charge is 2.51. The lowest BCUT2D eigenvalue weighted by Gasteiger charge is -2.37. The number of aliphatic hydroxyl groups excluding tert-OH is 1. The van der Waals surface area contributed by atoms with Gasteiger partial charge in [-0.1, -0.05) is 32.9 Å². The summed E-state index contributed by atoms with van der Waals surface area (Å²) < 4.78 is 12.4. The third-order valence-corrected chi connectivity index (χ3v) is 8.05. The van der Waals surface area contributed by atoms with Gasteiger partial charge in [0.2, 0.25) is 0 Å². The zero-order chi connectivity index (χ0) is 24.7. The number of hydrogen-bond acceptors (Lipinski definition) is 6. The molecule has 2 atom stereocenters. The summed E-state index contributed by atoms with van der Waals surface area (Å²) in [5.74, 6) is 0.591. The molecule has 1 aromatic carbocycles. The molecule has 2 saturated heterocycles. The monoisotopic (exact) mass is 465 g/mol. The summed E-state index contributed by atoms with van der Waals surface area (Å²) in [6.07, 6.45) is 1.38. The number of rotatable bonds is 6. The van der Waals surface area contributed by atoms with Crippen LogP contribution in [0, 0.1) is 11.8 Å². The summed E-state index contributed by atoms with van der Waals surface area (Å²) in [5, 5.41) is 10.6. The second-order valence-electron chi connectivity index (χ2n) is 11.1. The van der Waals surface area contributed by atoms with E-state index in [1.54, 1.807) is 0 Å². The van der Waals surface area contributed by atoms with Crippen LogP contribution in [0.5, 0.6) is 0 Å². The fraction of sp³-hybridized carbons (Fsp3) is 0.593. The Balaban J connectivity index is 1.33. The molecular formula is C27H40BN3O3. The minimum absolute atomic E-state index is 0.179. The van der Waals surface area contributed by atoms with Gasteiger partial charge in [0.15, 0.2) is 0 Å². The molecule has 4 rings (SSSR count). The minimum Gasteiger partial charge on any atom is -0.399 e. The Morgan fingerprint density at radius 2 is 1.32 bits per heavy atom. The number of piperazine rings is 1. The van der Waals surface area contributed by atoms with Crippen LogP contribution in [0.2, 0.25) is 0 Å². The first kappa shape index (κ1) is 25.0. The van der Waals surface area contributed by atoms with Crippen molar-refractivity contribution in [1.29, 1.82) is 0 Å². The van der Waals surface area contributed by atoms with Crippen molar-refractivity contribution in [1.82, 2.24) is 4.98 Å². The maximum atomic E-state index is 10.6. The number of aliphatic hydroxyl groups is 1. The van der Waals surface area contributed by atoms with Crippen LogP contribution in [0.1, 0.15) is 60.3 Å². The van der Waals surface area contributed by atoms with Crippen molar-refractivity contribution in [3.05, 3.63) is 48.3 Å². The average molecular weight is 465 g/mol. The second kappa shape index (κ2) is 9.52. The third-order valence-electron chi connectivity index (χ3n) is 8.05. The first-order chi connectivity index (χ1) is 16.0. The first-order valence-electron chi connectivity index (χ1n) is 12.6. The third kappa shape index (κ3) is 4.97. The Hall–Kier alpha value is -2.09. The van der Waals surface area contributed by atoms with Crippen molar-refractivity contribution >= 4 is 24.0 Å². The summed E-state index contributed by atoms with van der Waals surface area (Å²) in [7, 11) is -0.326. The summed E-state index contributed by atoms with van der Waals surface area (Å²) in [5.41, 5.74) is 3.49. The van der Waals surface area contributed by atoms with Gasteiger partial charge in [-0.2, -0.15) is 0 Å². The van der Waals surface area contributed by atoms with Gasteiger partial charge in [-0.3, -0.25) is 4.98 Å². The van der Waals surface area contributed by atoms with Crippen LogP contribution in [-0.2, 0) is 9.31 Å². The van der Waals surface area contributed by atoms with Gasteiger partial charge in [0.05, 0.1) is 34.9 Å². The fourth-order valence-electron chi connectivity index (χ4n) is 4.44. The normalized spacial score (nSPS) is 21.7. The lowest BCUT2D eigenvalue weighted by Crippen LogP contribution is -2.46. The Morgan fingerprint density at radius 1 is 0.824 bits per heavy atom. The molecule has 2 aliphatic rings. The number of nitrogens with zero attached hydrogens (tertiary/aromatic N) is 3. The molecule has 2 fully saturated rings. The molecule has 1 N–H and O–H groups in total. The molecular weight excluding hydrogens is 425 g/mol. The van der Waals surface area contributed by atoms with E-state index in [1.165, 1.54) is 5.69 Å². The highest BCUT2D eigenvalue weighted by Crippen LogP contribution is 2.36. The van der Waals surface area contributed by atoms with Gasteiger partial charge in [0.25, 0.3) is 0 Å². The largest absolute Gasteiger partial charge is 0.494 e. The van der Waals surface area contributed by atoms with Crippen molar-refractivity contribution in [3.8, 4) is 0 Å². The molecule has 0 bridgehead atoms. The smallest absolute Gasteiger partial charge is 0.399 e. The van der Waals surface area contributed by atoms with Gasteiger partial charge >= 0.3 is 7.12 Å². The van der Waals surface area contributed by atoms with Crippen LogP contribution in [0.25, 0.3) is 0 Å². The predicted molar refractivity (Wildman–Crippen MR) is 140 cm³/mol. The van der Waals surface area contributed by atoms with Gasteiger partial charge in [0.1, 0.15) is 0 Å². The van der Waals surface area contributed by atoms with Crippen molar-refractivity contribution in [2.45, 2.75) is 65.8 Å². The van der Waals surface area contributed by atoms with Crippen molar-refractivity contribution in [2.24, 2.45) is 11.8 Å². The maximum Gasteiger partial charge on any atom is 0.494 e. The molecule has 0 saturated carbocycles. The Kier molecular flexibility index (Phi) is 7.00.